The van der Waals surface area contributed by atoms with E-state index in [9.17, 15) is 8.42 Å². The second-order valence-corrected chi connectivity index (χ2v) is 7.03. The topological polar surface area (TPSA) is 100 Å². The summed E-state index contributed by atoms with van der Waals surface area (Å²) < 4.78 is 28.6. The Labute approximate surface area is 148 Å². The standard InChI is InChI=1S/C16H24N6O2S/c1-17-16(18-9-5-13-22-14-6-10-20-22)19-11-12-21-25(23,24)15-7-3-2-4-8-15/h2-4,6-8,10,14,21H,5,9,11-13H2,1H3,(H2,17,18,19). The first-order valence-electron chi connectivity index (χ1n) is 8.08. The predicted molar refractivity (Wildman–Crippen MR) is 97.8 cm³/mol. The summed E-state index contributed by atoms with van der Waals surface area (Å²) in [6.07, 6.45) is 4.58. The first-order valence-corrected chi connectivity index (χ1v) is 9.57. The number of benzene rings is 1. The van der Waals surface area contributed by atoms with E-state index in [2.05, 4.69) is 25.4 Å². The number of nitrogens with zero attached hydrogens (tertiary/aromatic N) is 3. The van der Waals surface area contributed by atoms with Crippen molar-refractivity contribution in [3.63, 3.8) is 0 Å². The molecule has 0 spiro atoms. The van der Waals surface area contributed by atoms with E-state index in [4.69, 9.17) is 0 Å². The normalized spacial score (nSPS) is 12.1. The van der Waals surface area contributed by atoms with Crippen LogP contribution in [0.3, 0.4) is 0 Å². The number of aryl methyl sites for hydroxylation is 1. The number of hydrogen-bond acceptors (Lipinski definition) is 4. The molecule has 0 aliphatic rings. The zero-order valence-electron chi connectivity index (χ0n) is 14.2. The van der Waals surface area contributed by atoms with Crippen LogP contribution in [-0.2, 0) is 16.6 Å². The lowest BCUT2D eigenvalue weighted by molar-refractivity contribution is 0.569. The van der Waals surface area contributed by atoms with Crippen LogP contribution in [0.4, 0.5) is 0 Å². The molecule has 2 aromatic rings. The molecule has 136 valence electrons. The van der Waals surface area contributed by atoms with Gasteiger partial charge in [0, 0.05) is 45.6 Å². The maximum atomic E-state index is 12.1. The summed E-state index contributed by atoms with van der Waals surface area (Å²) in [5.74, 6) is 0.638. The van der Waals surface area contributed by atoms with Crippen molar-refractivity contribution < 1.29 is 8.42 Å². The second-order valence-electron chi connectivity index (χ2n) is 5.26. The van der Waals surface area contributed by atoms with Crippen LogP contribution < -0.4 is 15.4 Å². The molecule has 1 aromatic heterocycles. The molecule has 1 heterocycles. The fraction of sp³-hybridized carbons (Fsp3) is 0.375. The maximum absolute atomic E-state index is 12.1. The summed E-state index contributed by atoms with van der Waals surface area (Å²) >= 11 is 0. The summed E-state index contributed by atoms with van der Waals surface area (Å²) in [7, 11) is -1.79. The van der Waals surface area contributed by atoms with Crippen LogP contribution in [0.25, 0.3) is 0 Å². The smallest absolute Gasteiger partial charge is 0.240 e. The minimum absolute atomic E-state index is 0.260. The van der Waals surface area contributed by atoms with Crippen molar-refractivity contribution in [1.29, 1.82) is 0 Å². The molecule has 0 amide bonds. The van der Waals surface area contributed by atoms with Gasteiger partial charge in [-0.3, -0.25) is 9.67 Å². The van der Waals surface area contributed by atoms with Gasteiger partial charge >= 0.3 is 0 Å². The predicted octanol–water partition coefficient (Wildman–Crippen LogP) is 0.417. The van der Waals surface area contributed by atoms with Crippen molar-refractivity contribution in [3.05, 3.63) is 48.8 Å². The molecule has 0 atom stereocenters. The number of nitrogens with one attached hydrogen (secondary N) is 3. The highest BCUT2D eigenvalue weighted by molar-refractivity contribution is 7.89. The first kappa shape index (κ1) is 18.9. The Morgan fingerprint density at radius 2 is 1.88 bits per heavy atom. The molecular formula is C16H24N6O2S. The Bertz CT molecular complexity index is 744. The summed E-state index contributed by atoms with van der Waals surface area (Å²) in [5, 5.41) is 10.4. The number of guanidine groups is 1. The fourth-order valence-electron chi connectivity index (χ4n) is 2.15. The van der Waals surface area contributed by atoms with Gasteiger partial charge in [-0.2, -0.15) is 5.10 Å². The number of sulfonamides is 1. The fourth-order valence-corrected chi connectivity index (χ4v) is 3.20. The van der Waals surface area contributed by atoms with Crippen LogP contribution in [0.5, 0.6) is 0 Å². The van der Waals surface area contributed by atoms with Crippen LogP contribution in [0.15, 0.2) is 58.7 Å². The molecule has 0 bridgehead atoms. The van der Waals surface area contributed by atoms with Gasteiger partial charge < -0.3 is 10.6 Å². The van der Waals surface area contributed by atoms with Crippen LogP contribution in [0.1, 0.15) is 6.42 Å². The maximum Gasteiger partial charge on any atom is 0.240 e. The average molecular weight is 364 g/mol. The Hall–Kier alpha value is -2.39. The van der Waals surface area contributed by atoms with Crippen molar-refractivity contribution in [2.45, 2.75) is 17.9 Å². The molecule has 0 radical (unpaired) electrons. The molecule has 0 aliphatic heterocycles. The van der Waals surface area contributed by atoms with Gasteiger partial charge in [0.05, 0.1) is 4.90 Å². The van der Waals surface area contributed by atoms with Crippen LogP contribution in [0.2, 0.25) is 0 Å². The van der Waals surface area contributed by atoms with Crippen molar-refractivity contribution in [2.24, 2.45) is 4.99 Å². The average Bonchev–Trinajstić information content (AvgIpc) is 3.14. The van der Waals surface area contributed by atoms with Gasteiger partial charge in [0.25, 0.3) is 0 Å². The number of aromatic nitrogens is 2. The SMILES string of the molecule is CN=C(NCCCn1cccn1)NCCNS(=O)(=O)c1ccccc1. The van der Waals surface area contributed by atoms with Crippen molar-refractivity contribution in [2.75, 3.05) is 26.7 Å². The molecule has 3 N–H and O–H groups in total. The zero-order valence-corrected chi connectivity index (χ0v) is 15.0. The van der Waals surface area contributed by atoms with E-state index in [1.807, 2.05) is 16.9 Å². The summed E-state index contributed by atoms with van der Waals surface area (Å²) in [5.41, 5.74) is 0. The van der Waals surface area contributed by atoms with Crippen molar-refractivity contribution >= 4 is 16.0 Å². The van der Waals surface area contributed by atoms with Crippen LogP contribution in [-0.4, -0.2) is 50.8 Å². The quantitative estimate of drug-likeness (QED) is 0.340. The van der Waals surface area contributed by atoms with E-state index >= 15 is 0 Å². The monoisotopic (exact) mass is 364 g/mol. The molecule has 8 nitrogen and oxygen atoms in total. The van der Waals surface area contributed by atoms with Gasteiger partial charge in [0.1, 0.15) is 0 Å². The number of hydrogen-bond donors (Lipinski definition) is 3. The molecule has 0 unspecified atom stereocenters. The van der Waals surface area contributed by atoms with E-state index in [1.54, 1.807) is 43.6 Å². The summed E-state index contributed by atoms with van der Waals surface area (Å²) in [6, 6.07) is 10.2. The van der Waals surface area contributed by atoms with Gasteiger partial charge in [0.2, 0.25) is 10.0 Å². The van der Waals surface area contributed by atoms with Gasteiger partial charge in [-0.25, -0.2) is 13.1 Å². The zero-order chi connectivity index (χ0) is 18.0. The number of rotatable bonds is 9. The highest BCUT2D eigenvalue weighted by atomic mass is 32.2. The molecule has 0 aliphatic carbocycles. The summed E-state index contributed by atoms with van der Waals surface area (Å²) in [4.78, 5) is 4.37. The highest BCUT2D eigenvalue weighted by Gasteiger charge is 2.11. The van der Waals surface area contributed by atoms with Gasteiger partial charge in [0.15, 0.2) is 5.96 Å². The third-order valence-electron chi connectivity index (χ3n) is 3.40. The van der Waals surface area contributed by atoms with E-state index in [0.717, 1.165) is 19.5 Å². The molecule has 25 heavy (non-hydrogen) atoms. The van der Waals surface area contributed by atoms with E-state index < -0.39 is 10.0 Å². The van der Waals surface area contributed by atoms with Crippen molar-refractivity contribution in [1.82, 2.24) is 25.1 Å². The minimum Gasteiger partial charge on any atom is -0.356 e. The van der Waals surface area contributed by atoms with Crippen molar-refractivity contribution in [3.8, 4) is 0 Å². The molecule has 9 heteroatoms. The van der Waals surface area contributed by atoms with E-state index in [-0.39, 0.29) is 11.4 Å². The third kappa shape index (κ3) is 6.55. The lowest BCUT2D eigenvalue weighted by Crippen LogP contribution is -2.41. The van der Waals surface area contributed by atoms with Gasteiger partial charge in [-0.1, -0.05) is 18.2 Å². The minimum atomic E-state index is -3.47. The molecule has 2 rings (SSSR count). The second kappa shape index (κ2) is 9.80. The lowest BCUT2D eigenvalue weighted by atomic mass is 10.4. The highest BCUT2D eigenvalue weighted by Crippen LogP contribution is 2.06. The molecule has 1 aromatic carbocycles. The summed E-state index contributed by atoms with van der Waals surface area (Å²) in [6.45, 7) is 2.28. The van der Waals surface area contributed by atoms with Crippen LogP contribution in [0, 0.1) is 0 Å². The molecule has 0 fully saturated rings. The number of aliphatic imine (C=N–C) groups is 1. The Morgan fingerprint density at radius 3 is 2.56 bits per heavy atom. The lowest BCUT2D eigenvalue weighted by Gasteiger charge is -2.12. The van der Waals surface area contributed by atoms with E-state index in [1.165, 1.54) is 0 Å². The largest absolute Gasteiger partial charge is 0.356 e. The van der Waals surface area contributed by atoms with Crippen LogP contribution >= 0.6 is 0 Å². The molecular weight excluding hydrogens is 340 g/mol. The third-order valence-corrected chi connectivity index (χ3v) is 4.88. The molecule has 0 saturated carbocycles. The first-order chi connectivity index (χ1) is 12.1. The van der Waals surface area contributed by atoms with Gasteiger partial charge in [-0.15, -0.1) is 0 Å². The Kier molecular flexibility index (Phi) is 7.42. The Balaban J connectivity index is 1.64. The Morgan fingerprint density at radius 1 is 1.12 bits per heavy atom. The van der Waals surface area contributed by atoms with Gasteiger partial charge in [-0.05, 0) is 24.6 Å². The van der Waals surface area contributed by atoms with E-state index in [0.29, 0.717) is 12.5 Å². The molecule has 0 saturated heterocycles.